The van der Waals surface area contributed by atoms with Gasteiger partial charge in [0, 0.05) is 13.2 Å². The zero-order valence-corrected chi connectivity index (χ0v) is 9.78. The van der Waals surface area contributed by atoms with Crippen LogP contribution in [0.15, 0.2) is 0 Å². The molecule has 0 radical (unpaired) electrons. The van der Waals surface area contributed by atoms with Gasteiger partial charge in [-0.2, -0.15) is 5.26 Å². The molecule has 0 rings (SSSR count). The van der Waals surface area contributed by atoms with Gasteiger partial charge >= 0.3 is 0 Å². The van der Waals surface area contributed by atoms with Crippen LogP contribution >= 0.6 is 0 Å². The van der Waals surface area contributed by atoms with Crippen molar-refractivity contribution in [1.29, 1.82) is 5.26 Å². The van der Waals surface area contributed by atoms with Gasteiger partial charge in [0.05, 0.1) is 25.3 Å². The van der Waals surface area contributed by atoms with Crippen molar-refractivity contribution < 1.29 is 9.53 Å². The molecule has 1 N–H and O–H groups in total. The molecule has 2 unspecified atom stereocenters. The summed E-state index contributed by atoms with van der Waals surface area (Å²) in [5.41, 5.74) is 0. The number of nitriles is 1. The highest BCUT2D eigenvalue weighted by atomic mass is 16.5. The zero-order valence-electron chi connectivity index (χ0n) is 9.78. The highest BCUT2D eigenvalue weighted by Gasteiger charge is 2.13. The lowest BCUT2D eigenvalue weighted by molar-refractivity contribution is -0.123. The van der Waals surface area contributed by atoms with Gasteiger partial charge in [0.25, 0.3) is 0 Å². The topological polar surface area (TPSA) is 65.4 Å². The highest BCUT2D eigenvalue weighted by Crippen LogP contribution is 1.93. The fraction of sp³-hybridized carbons (Fsp3) is 0.800. The van der Waals surface area contributed by atoms with Gasteiger partial charge in [-0.15, -0.1) is 0 Å². The number of hydrogen-bond acceptors (Lipinski definition) is 4. The molecule has 0 fully saturated rings. The molecular weight excluding hydrogens is 194 g/mol. The fourth-order valence-corrected chi connectivity index (χ4v) is 1.07. The lowest BCUT2D eigenvalue weighted by atomic mass is 10.3. The monoisotopic (exact) mass is 213 g/mol. The molecule has 5 nitrogen and oxygen atoms in total. The van der Waals surface area contributed by atoms with E-state index in [-0.39, 0.29) is 24.5 Å². The first kappa shape index (κ1) is 13.9. The Bertz CT molecular complexity index is 237. The zero-order chi connectivity index (χ0) is 11.8. The van der Waals surface area contributed by atoms with Crippen LogP contribution in [-0.2, 0) is 9.53 Å². The number of amides is 1. The quantitative estimate of drug-likeness (QED) is 0.673. The Morgan fingerprint density at radius 3 is 2.67 bits per heavy atom. The number of nitrogens with one attached hydrogen (secondary N) is 1. The van der Waals surface area contributed by atoms with E-state index in [4.69, 9.17) is 10.00 Å². The number of methoxy groups -OCH3 is 1. The standard InChI is InChI=1S/C10H19N3O2/c1-8(7-15-4)12-10(14)6-13(3)9(2)5-11/h8-9H,6-7H2,1-4H3,(H,12,14). The molecule has 0 heterocycles. The second-order valence-corrected chi connectivity index (χ2v) is 3.64. The Morgan fingerprint density at radius 2 is 2.20 bits per heavy atom. The predicted molar refractivity (Wildman–Crippen MR) is 57.2 cm³/mol. The largest absolute Gasteiger partial charge is 0.383 e. The van der Waals surface area contributed by atoms with Crippen LogP contribution in [-0.4, -0.2) is 50.2 Å². The molecule has 0 aliphatic heterocycles. The van der Waals surface area contributed by atoms with Gasteiger partial charge in [0.2, 0.25) is 5.91 Å². The molecule has 0 bridgehead atoms. The fourth-order valence-electron chi connectivity index (χ4n) is 1.07. The third-order valence-electron chi connectivity index (χ3n) is 2.07. The van der Waals surface area contributed by atoms with Crippen LogP contribution in [0, 0.1) is 11.3 Å². The van der Waals surface area contributed by atoms with E-state index < -0.39 is 0 Å². The van der Waals surface area contributed by atoms with E-state index in [0.717, 1.165) is 0 Å². The van der Waals surface area contributed by atoms with Gasteiger partial charge in [0.1, 0.15) is 0 Å². The summed E-state index contributed by atoms with van der Waals surface area (Å²) in [5, 5.41) is 11.4. The number of carbonyl (C=O) groups is 1. The lowest BCUT2D eigenvalue weighted by Crippen LogP contribution is -2.43. The number of nitrogens with zero attached hydrogens (tertiary/aromatic N) is 2. The molecule has 0 aromatic heterocycles. The van der Waals surface area contributed by atoms with Gasteiger partial charge in [-0.1, -0.05) is 0 Å². The van der Waals surface area contributed by atoms with E-state index >= 15 is 0 Å². The molecule has 0 aromatic carbocycles. The van der Waals surface area contributed by atoms with E-state index in [9.17, 15) is 4.79 Å². The van der Waals surface area contributed by atoms with Crippen LogP contribution in [0.1, 0.15) is 13.8 Å². The van der Waals surface area contributed by atoms with Gasteiger partial charge in [-0.3, -0.25) is 9.69 Å². The Kier molecular flexibility index (Phi) is 6.67. The van der Waals surface area contributed by atoms with Crippen LogP contribution in [0.4, 0.5) is 0 Å². The van der Waals surface area contributed by atoms with Crippen LogP contribution in [0.25, 0.3) is 0 Å². The molecule has 2 atom stereocenters. The molecule has 0 spiro atoms. The number of likely N-dealkylation sites (N-methyl/N-ethyl adjacent to an activating group) is 1. The molecule has 0 aliphatic rings. The van der Waals surface area contributed by atoms with Crippen LogP contribution in [0.5, 0.6) is 0 Å². The molecule has 0 aliphatic carbocycles. The SMILES string of the molecule is COCC(C)NC(=O)CN(C)C(C)C#N. The Balaban J connectivity index is 3.89. The van der Waals surface area contributed by atoms with Gasteiger partial charge < -0.3 is 10.1 Å². The van der Waals surface area contributed by atoms with E-state index in [0.29, 0.717) is 6.61 Å². The number of carbonyl (C=O) groups excluding carboxylic acids is 1. The van der Waals surface area contributed by atoms with Crippen molar-refractivity contribution in [2.24, 2.45) is 0 Å². The maximum atomic E-state index is 11.4. The minimum Gasteiger partial charge on any atom is -0.383 e. The van der Waals surface area contributed by atoms with Crippen molar-refractivity contribution in [3.63, 3.8) is 0 Å². The van der Waals surface area contributed by atoms with Gasteiger partial charge in [0.15, 0.2) is 0 Å². The molecule has 0 aromatic rings. The highest BCUT2D eigenvalue weighted by molar-refractivity contribution is 5.78. The molecule has 0 saturated carbocycles. The Hall–Kier alpha value is -1.12. The number of hydrogen-bond donors (Lipinski definition) is 1. The van der Waals surface area contributed by atoms with E-state index in [1.165, 1.54) is 0 Å². The maximum absolute atomic E-state index is 11.4. The first-order chi connectivity index (χ1) is 7.01. The smallest absolute Gasteiger partial charge is 0.234 e. The average molecular weight is 213 g/mol. The van der Waals surface area contributed by atoms with Crippen LogP contribution in [0.3, 0.4) is 0 Å². The molecule has 15 heavy (non-hydrogen) atoms. The first-order valence-corrected chi connectivity index (χ1v) is 4.89. The van der Waals surface area contributed by atoms with Crippen molar-refractivity contribution in [3.8, 4) is 6.07 Å². The molecular formula is C10H19N3O2. The predicted octanol–water partition coefficient (Wildman–Crippen LogP) is -0.0186. The summed E-state index contributed by atoms with van der Waals surface area (Å²) in [6.45, 7) is 4.34. The second kappa shape index (κ2) is 7.21. The summed E-state index contributed by atoms with van der Waals surface area (Å²) in [6, 6.07) is 1.81. The van der Waals surface area contributed by atoms with Gasteiger partial charge in [-0.05, 0) is 20.9 Å². The van der Waals surface area contributed by atoms with Crippen LogP contribution < -0.4 is 5.32 Å². The van der Waals surface area contributed by atoms with Gasteiger partial charge in [-0.25, -0.2) is 0 Å². The summed E-state index contributed by atoms with van der Waals surface area (Å²) in [6.07, 6.45) is 0. The summed E-state index contributed by atoms with van der Waals surface area (Å²) in [5.74, 6) is -0.0934. The van der Waals surface area contributed by atoms with Crippen LogP contribution in [0.2, 0.25) is 0 Å². The molecule has 86 valence electrons. The lowest BCUT2D eigenvalue weighted by Gasteiger charge is -2.20. The third kappa shape index (κ3) is 6.05. The number of ether oxygens (including phenoxy) is 1. The maximum Gasteiger partial charge on any atom is 0.234 e. The van der Waals surface area contributed by atoms with Crippen molar-refractivity contribution in [3.05, 3.63) is 0 Å². The van der Waals surface area contributed by atoms with Crippen molar-refractivity contribution in [2.75, 3.05) is 27.3 Å². The summed E-state index contributed by atoms with van der Waals surface area (Å²) < 4.78 is 4.90. The first-order valence-electron chi connectivity index (χ1n) is 4.89. The minimum atomic E-state index is -0.256. The Labute approximate surface area is 91.0 Å². The molecule has 1 amide bonds. The number of rotatable bonds is 6. The normalized spacial score (nSPS) is 14.4. The Morgan fingerprint density at radius 1 is 1.60 bits per heavy atom. The molecule has 0 saturated heterocycles. The van der Waals surface area contributed by atoms with E-state index in [1.807, 2.05) is 6.92 Å². The third-order valence-corrected chi connectivity index (χ3v) is 2.07. The van der Waals surface area contributed by atoms with Crippen molar-refractivity contribution in [2.45, 2.75) is 25.9 Å². The average Bonchev–Trinajstić information content (AvgIpc) is 2.16. The minimum absolute atomic E-state index is 0.00621. The van der Waals surface area contributed by atoms with Crippen molar-refractivity contribution in [1.82, 2.24) is 10.2 Å². The van der Waals surface area contributed by atoms with Crippen molar-refractivity contribution >= 4 is 5.91 Å². The summed E-state index contributed by atoms with van der Waals surface area (Å²) in [4.78, 5) is 13.1. The molecule has 5 heteroatoms. The second-order valence-electron chi connectivity index (χ2n) is 3.64. The summed E-state index contributed by atoms with van der Waals surface area (Å²) >= 11 is 0. The summed E-state index contributed by atoms with van der Waals surface area (Å²) in [7, 11) is 3.33. The van der Waals surface area contributed by atoms with E-state index in [1.54, 1.807) is 26.0 Å². The van der Waals surface area contributed by atoms with E-state index in [2.05, 4.69) is 11.4 Å².